The fourth-order valence-corrected chi connectivity index (χ4v) is 2.12. The molecule has 0 aliphatic heterocycles. The molecule has 0 saturated carbocycles. The van der Waals surface area contributed by atoms with Crippen LogP contribution >= 0.6 is 23.4 Å². The molecule has 0 fully saturated rings. The van der Waals surface area contributed by atoms with Crippen LogP contribution in [0.4, 0.5) is 5.69 Å². The van der Waals surface area contributed by atoms with Gasteiger partial charge in [0.15, 0.2) is 0 Å². The zero-order valence-corrected chi connectivity index (χ0v) is 10.4. The predicted molar refractivity (Wildman–Crippen MR) is 69.1 cm³/mol. The quantitative estimate of drug-likeness (QED) is 0.821. The second-order valence-electron chi connectivity index (χ2n) is 3.28. The molecule has 2 rings (SSSR count). The van der Waals surface area contributed by atoms with Crippen LogP contribution in [-0.4, -0.2) is 16.2 Å². The van der Waals surface area contributed by atoms with Gasteiger partial charge in [-0.3, -0.25) is 0 Å². The molecule has 84 valence electrons. The van der Waals surface area contributed by atoms with Crippen LogP contribution in [0.3, 0.4) is 0 Å². The number of imidazole rings is 1. The number of nitrogens with one attached hydrogen (secondary N) is 2. The molecule has 0 aliphatic carbocycles. The summed E-state index contributed by atoms with van der Waals surface area (Å²) in [7, 11) is 0. The van der Waals surface area contributed by atoms with E-state index in [4.69, 9.17) is 11.6 Å². The van der Waals surface area contributed by atoms with E-state index >= 15 is 0 Å². The first-order valence-corrected chi connectivity index (χ1v) is 6.44. The number of aromatic amines is 1. The number of aromatic nitrogens is 2. The van der Waals surface area contributed by atoms with E-state index in [9.17, 15) is 0 Å². The molecule has 0 aliphatic rings. The van der Waals surface area contributed by atoms with Gasteiger partial charge < -0.3 is 10.3 Å². The Hall–Kier alpha value is -1.13. The van der Waals surface area contributed by atoms with Crippen molar-refractivity contribution < 1.29 is 0 Å². The molecule has 0 unspecified atom stereocenters. The zero-order chi connectivity index (χ0) is 11.4. The Labute approximate surface area is 104 Å². The summed E-state index contributed by atoms with van der Waals surface area (Å²) in [5.74, 6) is 0. The first-order valence-electron chi connectivity index (χ1n) is 4.84. The number of rotatable bonds is 4. The Bertz CT molecular complexity index is 456. The molecule has 16 heavy (non-hydrogen) atoms. The summed E-state index contributed by atoms with van der Waals surface area (Å²) in [5.41, 5.74) is 2.10. The number of halogens is 1. The minimum Gasteiger partial charge on any atom is -0.378 e. The van der Waals surface area contributed by atoms with Crippen LogP contribution in [0, 0.1) is 0 Å². The summed E-state index contributed by atoms with van der Waals surface area (Å²) in [5, 5.41) is 4.07. The standard InChI is InChI=1S/C11H12ClN3S/c1-16-11-3-2-8(12)4-10(11)14-6-9-5-13-7-15-9/h2-5,7,14H,6H2,1H3,(H,13,15). The highest BCUT2D eigenvalue weighted by Gasteiger charge is 2.02. The van der Waals surface area contributed by atoms with E-state index in [0.717, 1.165) is 16.4 Å². The Morgan fingerprint density at radius 3 is 3.06 bits per heavy atom. The smallest absolute Gasteiger partial charge is 0.0922 e. The number of thioether (sulfide) groups is 1. The molecule has 3 nitrogen and oxygen atoms in total. The highest BCUT2D eigenvalue weighted by molar-refractivity contribution is 7.98. The van der Waals surface area contributed by atoms with Gasteiger partial charge >= 0.3 is 0 Å². The first-order chi connectivity index (χ1) is 7.79. The molecule has 0 spiro atoms. The number of benzene rings is 1. The zero-order valence-electron chi connectivity index (χ0n) is 8.83. The van der Waals surface area contributed by atoms with Crippen LogP contribution in [0.5, 0.6) is 0 Å². The number of nitrogens with zero attached hydrogens (tertiary/aromatic N) is 1. The fraction of sp³-hybridized carbons (Fsp3) is 0.182. The number of hydrogen-bond donors (Lipinski definition) is 2. The van der Waals surface area contributed by atoms with Crippen molar-refractivity contribution in [3.63, 3.8) is 0 Å². The number of H-pyrrole nitrogens is 1. The third-order valence-corrected chi connectivity index (χ3v) is 3.22. The van der Waals surface area contributed by atoms with Crippen LogP contribution in [-0.2, 0) is 6.54 Å². The van der Waals surface area contributed by atoms with Gasteiger partial charge in [0.25, 0.3) is 0 Å². The van der Waals surface area contributed by atoms with Gasteiger partial charge in [-0.2, -0.15) is 0 Å². The van der Waals surface area contributed by atoms with Crippen LogP contribution in [0.25, 0.3) is 0 Å². The fourth-order valence-electron chi connectivity index (χ4n) is 1.39. The second kappa shape index (κ2) is 5.27. The van der Waals surface area contributed by atoms with Crippen molar-refractivity contribution in [2.45, 2.75) is 11.4 Å². The molecule has 0 amide bonds. The lowest BCUT2D eigenvalue weighted by molar-refractivity contribution is 1.06. The maximum Gasteiger partial charge on any atom is 0.0922 e. The van der Waals surface area contributed by atoms with Gasteiger partial charge in [-0.1, -0.05) is 11.6 Å². The monoisotopic (exact) mass is 253 g/mol. The SMILES string of the molecule is CSc1ccc(Cl)cc1NCc1cnc[nH]1. The van der Waals surface area contributed by atoms with Crippen molar-refractivity contribution in [3.8, 4) is 0 Å². The van der Waals surface area contributed by atoms with Crippen LogP contribution in [0.15, 0.2) is 35.6 Å². The maximum absolute atomic E-state index is 5.97. The van der Waals surface area contributed by atoms with Gasteiger partial charge in [-0.15, -0.1) is 11.8 Å². The van der Waals surface area contributed by atoms with E-state index in [-0.39, 0.29) is 0 Å². The van der Waals surface area contributed by atoms with Gasteiger partial charge in [-0.25, -0.2) is 4.98 Å². The molecule has 0 saturated heterocycles. The van der Waals surface area contributed by atoms with Crippen LogP contribution in [0.2, 0.25) is 5.02 Å². The first kappa shape index (κ1) is 11.4. The molecule has 1 aromatic carbocycles. The van der Waals surface area contributed by atoms with Crippen LogP contribution in [0.1, 0.15) is 5.69 Å². The molecule has 5 heteroatoms. The highest BCUT2D eigenvalue weighted by Crippen LogP contribution is 2.28. The van der Waals surface area contributed by atoms with Gasteiger partial charge in [0.2, 0.25) is 0 Å². The second-order valence-corrected chi connectivity index (χ2v) is 4.56. The minimum absolute atomic E-state index is 0.716. The lowest BCUT2D eigenvalue weighted by atomic mass is 10.3. The minimum atomic E-state index is 0.716. The number of anilines is 1. The van der Waals surface area contributed by atoms with Crippen molar-refractivity contribution in [1.29, 1.82) is 0 Å². The van der Waals surface area contributed by atoms with Crippen molar-refractivity contribution in [2.75, 3.05) is 11.6 Å². The predicted octanol–water partition coefficient (Wildman–Crippen LogP) is 3.40. The van der Waals surface area contributed by atoms with Gasteiger partial charge in [0.05, 0.1) is 18.6 Å². The molecule has 2 N–H and O–H groups in total. The Morgan fingerprint density at radius 2 is 2.38 bits per heavy atom. The Balaban J connectivity index is 2.11. The summed E-state index contributed by atoms with van der Waals surface area (Å²) in [6, 6.07) is 5.85. The third kappa shape index (κ3) is 2.71. The summed E-state index contributed by atoms with van der Waals surface area (Å²) in [4.78, 5) is 8.20. The van der Waals surface area contributed by atoms with Crippen molar-refractivity contribution >= 4 is 29.1 Å². The molecule has 1 aromatic heterocycles. The topological polar surface area (TPSA) is 40.7 Å². The van der Waals surface area contributed by atoms with Crippen molar-refractivity contribution in [2.24, 2.45) is 0 Å². The average Bonchev–Trinajstić information content (AvgIpc) is 2.79. The highest BCUT2D eigenvalue weighted by atomic mass is 35.5. The Morgan fingerprint density at radius 1 is 1.50 bits per heavy atom. The van der Waals surface area contributed by atoms with E-state index in [1.807, 2.05) is 24.5 Å². The van der Waals surface area contributed by atoms with E-state index < -0.39 is 0 Å². The van der Waals surface area contributed by atoms with Crippen molar-refractivity contribution in [1.82, 2.24) is 9.97 Å². The average molecular weight is 254 g/mol. The maximum atomic E-state index is 5.97. The van der Waals surface area contributed by atoms with Gasteiger partial charge in [0.1, 0.15) is 0 Å². The van der Waals surface area contributed by atoms with Gasteiger partial charge in [-0.05, 0) is 24.5 Å². The summed E-state index contributed by atoms with van der Waals surface area (Å²) >= 11 is 7.66. The summed E-state index contributed by atoms with van der Waals surface area (Å²) in [6.45, 7) is 0.716. The normalized spacial score (nSPS) is 10.4. The third-order valence-electron chi connectivity index (χ3n) is 2.19. The van der Waals surface area contributed by atoms with E-state index in [2.05, 4.69) is 15.3 Å². The van der Waals surface area contributed by atoms with Gasteiger partial charge in [0, 0.05) is 21.8 Å². The van der Waals surface area contributed by atoms with E-state index in [0.29, 0.717) is 6.54 Å². The molecule has 0 bridgehead atoms. The Kier molecular flexibility index (Phi) is 3.74. The molecule has 1 heterocycles. The number of hydrogen-bond acceptors (Lipinski definition) is 3. The van der Waals surface area contributed by atoms with Crippen LogP contribution < -0.4 is 5.32 Å². The van der Waals surface area contributed by atoms with Crippen molar-refractivity contribution in [3.05, 3.63) is 41.4 Å². The molecule has 2 aromatic rings. The lowest BCUT2D eigenvalue weighted by Crippen LogP contribution is -2.00. The molecular weight excluding hydrogens is 242 g/mol. The summed E-state index contributed by atoms with van der Waals surface area (Å²) < 4.78 is 0. The molecule has 0 radical (unpaired) electrons. The summed E-state index contributed by atoms with van der Waals surface area (Å²) in [6.07, 6.45) is 5.52. The molecule has 0 atom stereocenters. The van der Waals surface area contributed by atoms with E-state index in [1.54, 1.807) is 24.3 Å². The molecular formula is C11H12ClN3S. The largest absolute Gasteiger partial charge is 0.378 e. The van der Waals surface area contributed by atoms with E-state index in [1.165, 1.54) is 4.90 Å². The lowest BCUT2D eigenvalue weighted by Gasteiger charge is -2.09.